The molecule has 0 saturated heterocycles. The molecule has 56 valence electrons. The molecule has 0 atom stereocenters. The molecule has 0 aliphatic carbocycles. The van der Waals surface area contributed by atoms with Crippen LogP contribution in [0.2, 0.25) is 0 Å². The van der Waals surface area contributed by atoms with Crippen LogP contribution in [-0.2, 0) is 0 Å². The first kappa shape index (κ1) is 6.15. The number of nitrogens with two attached hydrogens (primary N) is 1. The number of halogens is 1. The van der Waals surface area contributed by atoms with Crippen molar-refractivity contribution in [3.8, 4) is 0 Å². The zero-order valence-corrected chi connectivity index (χ0v) is 5.66. The molecule has 11 heavy (non-hydrogen) atoms. The molecule has 0 aromatic carbocycles. The number of hydrogen-bond donors (Lipinski definition) is 1. The van der Waals surface area contributed by atoms with Gasteiger partial charge in [-0.1, -0.05) is 0 Å². The van der Waals surface area contributed by atoms with E-state index in [1.54, 1.807) is 6.07 Å². The van der Waals surface area contributed by atoms with Crippen molar-refractivity contribution in [2.24, 2.45) is 0 Å². The maximum atomic E-state index is 12.6. The molecule has 0 aliphatic rings. The summed E-state index contributed by atoms with van der Waals surface area (Å²) in [5, 5.41) is 0. The third kappa shape index (κ3) is 0.832. The Balaban J connectivity index is 2.87. The molecule has 0 spiro atoms. The maximum Gasteiger partial charge on any atom is 0.140 e. The molecule has 2 rings (SSSR count). The summed E-state index contributed by atoms with van der Waals surface area (Å²) in [6, 6.07) is 2.92. The summed E-state index contributed by atoms with van der Waals surface area (Å²) in [5.41, 5.74) is 6.14. The standard InChI is InChI=1S/C7H6FN3/c8-5-1-2-7-10-3-6(9)11(7)4-5/h1-4H,9H2. The second kappa shape index (κ2) is 1.95. The second-order valence-electron chi connectivity index (χ2n) is 2.26. The van der Waals surface area contributed by atoms with Gasteiger partial charge in [0.2, 0.25) is 0 Å². The Kier molecular flexibility index (Phi) is 1.09. The van der Waals surface area contributed by atoms with Crippen LogP contribution in [0.4, 0.5) is 10.2 Å². The number of anilines is 1. The summed E-state index contributed by atoms with van der Waals surface area (Å²) >= 11 is 0. The van der Waals surface area contributed by atoms with Crippen molar-refractivity contribution in [2.75, 3.05) is 5.73 Å². The predicted molar refractivity (Wildman–Crippen MR) is 39.6 cm³/mol. The van der Waals surface area contributed by atoms with E-state index in [2.05, 4.69) is 4.98 Å². The van der Waals surface area contributed by atoms with Crippen molar-refractivity contribution in [3.63, 3.8) is 0 Å². The average molecular weight is 151 g/mol. The molecule has 2 heterocycles. The van der Waals surface area contributed by atoms with Crippen LogP contribution < -0.4 is 5.73 Å². The summed E-state index contributed by atoms with van der Waals surface area (Å²) in [6.45, 7) is 0. The lowest BCUT2D eigenvalue weighted by Crippen LogP contribution is -1.92. The molecule has 3 nitrogen and oxygen atoms in total. The van der Waals surface area contributed by atoms with Gasteiger partial charge in [0.1, 0.15) is 17.3 Å². The van der Waals surface area contributed by atoms with Crippen LogP contribution in [-0.4, -0.2) is 9.38 Å². The number of nitrogen functional groups attached to an aromatic ring is 1. The Labute approximate surface area is 62.3 Å². The summed E-state index contributed by atoms with van der Waals surface area (Å²) in [7, 11) is 0. The van der Waals surface area contributed by atoms with Crippen molar-refractivity contribution in [3.05, 3.63) is 30.3 Å². The van der Waals surface area contributed by atoms with Crippen molar-refractivity contribution >= 4 is 11.5 Å². The Morgan fingerprint density at radius 3 is 3.09 bits per heavy atom. The third-order valence-electron chi connectivity index (χ3n) is 1.50. The monoisotopic (exact) mass is 151 g/mol. The van der Waals surface area contributed by atoms with Gasteiger partial charge in [-0.15, -0.1) is 0 Å². The smallest absolute Gasteiger partial charge is 0.140 e. The van der Waals surface area contributed by atoms with Gasteiger partial charge < -0.3 is 5.73 Å². The topological polar surface area (TPSA) is 43.3 Å². The number of fused-ring (bicyclic) bond motifs is 1. The second-order valence-corrected chi connectivity index (χ2v) is 2.26. The highest BCUT2D eigenvalue weighted by Crippen LogP contribution is 2.08. The summed E-state index contributed by atoms with van der Waals surface area (Å²) in [5.74, 6) is 0.127. The highest BCUT2D eigenvalue weighted by Gasteiger charge is 1.98. The average Bonchev–Trinajstić information content (AvgIpc) is 2.33. The van der Waals surface area contributed by atoms with Crippen molar-refractivity contribution in [1.82, 2.24) is 9.38 Å². The van der Waals surface area contributed by atoms with E-state index < -0.39 is 0 Å². The fourth-order valence-electron chi connectivity index (χ4n) is 0.973. The molecule has 0 bridgehead atoms. The largest absolute Gasteiger partial charge is 0.383 e. The van der Waals surface area contributed by atoms with Crippen LogP contribution in [0, 0.1) is 5.82 Å². The van der Waals surface area contributed by atoms with E-state index in [4.69, 9.17) is 5.73 Å². The van der Waals surface area contributed by atoms with E-state index in [9.17, 15) is 4.39 Å². The zero-order chi connectivity index (χ0) is 7.84. The molecule has 0 aliphatic heterocycles. The number of rotatable bonds is 0. The Bertz CT molecular complexity index is 393. The van der Waals surface area contributed by atoms with Gasteiger partial charge >= 0.3 is 0 Å². The normalized spacial score (nSPS) is 10.6. The lowest BCUT2D eigenvalue weighted by atomic mass is 10.4. The van der Waals surface area contributed by atoms with Gasteiger partial charge in [-0.05, 0) is 12.1 Å². The van der Waals surface area contributed by atoms with E-state index in [1.165, 1.54) is 22.9 Å². The van der Waals surface area contributed by atoms with Gasteiger partial charge in [0.05, 0.1) is 6.20 Å². The van der Waals surface area contributed by atoms with Crippen molar-refractivity contribution < 1.29 is 4.39 Å². The molecule has 4 heteroatoms. The van der Waals surface area contributed by atoms with Gasteiger partial charge in [0, 0.05) is 6.20 Å². The first-order valence-electron chi connectivity index (χ1n) is 3.15. The molecule has 0 fully saturated rings. The SMILES string of the molecule is Nc1cnc2ccc(F)cn12. The van der Waals surface area contributed by atoms with Crippen LogP contribution in [0.15, 0.2) is 24.5 Å². The van der Waals surface area contributed by atoms with Crippen LogP contribution in [0.3, 0.4) is 0 Å². The van der Waals surface area contributed by atoms with Crippen LogP contribution in [0.25, 0.3) is 5.65 Å². The minimum atomic E-state index is -0.317. The van der Waals surface area contributed by atoms with Gasteiger partial charge in [0.25, 0.3) is 0 Å². The molecule has 2 aromatic rings. The molecule has 2 N–H and O–H groups in total. The van der Waals surface area contributed by atoms with E-state index in [0.717, 1.165) is 0 Å². The maximum absolute atomic E-state index is 12.6. The van der Waals surface area contributed by atoms with Crippen molar-refractivity contribution in [2.45, 2.75) is 0 Å². The zero-order valence-electron chi connectivity index (χ0n) is 5.66. The number of aromatic nitrogens is 2. The first-order valence-corrected chi connectivity index (χ1v) is 3.15. The van der Waals surface area contributed by atoms with Crippen molar-refractivity contribution in [1.29, 1.82) is 0 Å². The van der Waals surface area contributed by atoms with E-state index in [1.807, 2.05) is 0 Å². The van der Waals surface area contributed by atoms with Gasteiger partial charge in [-0.25, -0.2) is 9.37 Å². The van der Waals surface area contributed by atoms with E-state index in [0.29, 0.717) is 11.5 Å². The Morgan fingerprint density at radius 2 is 2.27 bits per heavy atom. The molecule has 0 amide bonds. The molecule has 0 saturated carbocycles. The highest BCUT2D eigenvalue weighted by atomic mass is 19.1. The fraction of sp³-hybridized carbons (Fsp3) is 0. The Hall–Kier alpha value is -1.58. The summed E-state index contributed by atoms with van der Waals surface area (Å²) < 4.78 is 14.1. The molecule has 0 unspecified atom stereocenters. The number of imidazole rings is 1. The van der Waals surface area contributed by atoms with E-state index >= 15 is 0 Å². The summed E-state index contributed by atoms with van der Waals surface area (Å²) in [6.07, 6.45) is 2.80. The Morgan fingerprint density at radius 1 is 1.45 bits per heavy atom. The minimum absolute atomic E-state index is 0.317. The van der Waals surface area contributed by atoms with Gasteiger partial charge in [-0.2, -0.15) is 0 Å². The highest BCUT2D eigenvalue weighted by molar-refractivity contribution is 5.47. The minimum Gasteiger partial charge on any atom is -0.383 e. The molecular formula is C7H6FN3. The van der Waals surface area contributed by atoms with Crippen LogP contribution >= 0.6 is 0 Å². The number of nitrogens with zero attached hydrogens (tertiary/aromatic N) is 2. The third-order valence-corrected chi connectivity index (χ3v) is 1.50. The van der Waals surface area contributed by atoms with Gasteiger partial charge in [-0.3, -0.25) is 4.40 Å². The van der Waals surface area contributed by atoms with Gasteiger partial charge in [0.15, 0.2) is 0 Å². The lowest BCUT2D eigenvalue weighted by molar-refractivity contribution is 0.619. The molecule has 2 aromatic heterocycles. The van der Waals surface area contributed by atoms with Crippen LogP contribution in [0.5, 0.6) is 0 Å². The summed E-state index contributed by atoms with van der Waals surface area (Å²) in [4.78, 5) is 3.93. The number of pyridine rings is 1. The molecular weight excluding hydrogens is 145 g/mol. The quantitative estimate of drug-likeness (QED) is 0.611. The fourth-order valence-corrected chi connectivity index (χ4v) is 0.973. The molecule has 0 radical (unpaired) electrons. The lowest BCUT2D eigenvalue weighted by Gasteiger charge is -1.94. The number of hydrogen-bond acceptors (Lipinski definition) is 2. The van der Waals surface area contributed by atoms with Crippen LogP contribution in [0.1, 0.15) is 0 Å². The predicted octanol–water partition coefficient (Wildman–Crippen LogP) is 1.06. The first-order chi connectivity index (χ1) is 5.27. The van der Waals surface area contributed by atoms with E-state index in [-0.39, 0.29) is 5.82 Å².